The minimum atomic E-state index is -0.293. The summed E-state index contributed by atoms with van der Waals surface area (Å²) in [5.74, 6) is 0.816. The van der Waals surface area contributed by atoms with Gasteiger partial charge in [0.05, 0.1) is 12.7 Å². The quantitative estimate of drug-likeness (QED) is 0.847. The van der Waals surface area contributed by atoms with Crippen LogP contribution in [0.2, 0.25) is 0 Å². The lowest BCUT2D eigenvalue weighted by Gasteiger charge is -2.29. The molecule has 0 aliphatic carbocycles. The summed E-state index contributed by atoms with van der Waals surface area (Å²) >= 11 is 0. The summed E-state index contributed by atoms with van der Waals surface area (Å²) in [5, 5.41) is 6.18. The average Bonchev–Trinajstić information content (AvgIpc) is 2.66. The van der Waals surface area contributed by atoms with E-state index in [1.165, 1.54) is 0 Å². The molecule has 1 aliphatic rings. The van der Waals surface area contributed by atoms with E-state index in [2.05, 4.69) is 16.7 Å². The van der Waals surface area contributed by atoms with Gasteiger partial charge in [-0.3, -0.25) is 4.79 Å². The van der Waals surface area contributed by atoms with E-state index >= 15 is 0 Å². The van der Waals surface area contributed by atoms with Gasteiger partial charge < -0.3 is 20.1 Å². The largest absolute Gasteiger partial charge is 0.489 e. The van der Waals surface area contributed by atoms with E-state index in [0.29, 0.717) is 26.3 Å². The van der Waals surface area contributed by atoms with Crippen LogP contribution in [-0.4, -0.2) is 31.2 Å². The number of ether oxygens (including phenoxy) is 2. The zero-order valence-corrected chi connectivity index (χ0v) is 14.4. The molecule has 2 aromatic carbocycles. The van der Waals surface area contributed by atoms with Crippen LogP contribution >= 0.6 is 0 Å². The van der Waals surface area contributed by atoms with Crippen molar-refractivity contribution in [1.82, 2.24) is 10.6 Å². The van der Waals surface area contributed by atoms with Gasteiger partial charge in [-0.15, -0.1) is 0 Å². The van der Waals surface area contributed by atoms with Crippen LogP contribution < -0.4 is 15.4 Å². The van der Waals surface area contributed by atoms with Gasteiger partial charge in [-0.05, 0) is 30.2 Å². The smallest absolute Gasteiger partial charge is 0.240 e. The van der Waals surface area contributed by atoms with E-state index in [9.17, 15) is 4.79 Å². The minimum Gasteiger partial charge on any atom is -0.489 e. The third-order valence-electron chi connectivity index (χ3n) is 4.21. The summed E-state index contributed by atoms with van der Waals surface area (Å²) in [6.45, 7) is 4.25. The molecule has 2 aromatic rings. The van der Waals surface area contributed by atoms with E-state index in [0.717, 1.165) is 16.9 Å². The Morgan fingerprint density at radius 3 is 2.80 bits per heavy atom. The maximum Gasteiger partial charge on any atom is 0.240 e. The van der Waals surface area contributed by atoms with Gasteiger partial charge in [0, 0.05) is 13.1 Å². The number of carbonyl (C=O) groups is 1. The van der Waals surface area contributed by atoms with Gasteiger partial charge in [-0.25, -0.2) is 0 Å². The van der Waals surface area contributed by atoms with Crippen LogP contribution in [0.5, 0.6) is 5.75 Å². The van der Waals surface area contributed by atoms with E-state index in [4.69, 9.17) is 9.47 Å². The van der Waals surface area contributed by atoms with Crippen LogP contribution in [0.15, 0.2) is 54.6 Å². The number of morpholine rings is 1. The summed E-state index contributed by atoms with van der Waals surface area (Å²) in [7, 11) is 0. The number of rotatable bonds is 6. The topological polar surface area (TPSA) is 59.6 Å². The van der Waals surface area contributed by atoms with Crippen LogP contribution in [0.1, 0.15) is 18.1 Å². The van der Waals surface area contributed by atoms with Crippen LogP contribution in [-0.2, 0) is 22.7 Å². The molecule has 0 saturated carbocycles. The molecule has 1 saturated heterocycles. The normalized spacial score (nSPS) is 20.0. The first kappa shape index (κ1) is 17.5. The van der Waals surface area contributed by atoms with Crippen LogP contribution in [0.3, 0.4) is 0 Å². The molecule has 0 radical (unpaired) electrons. The fourth-order valence-corrected chi connectivity index (χ4v) is 2.84. The zero-order chi connectivity index (χ0) is 17.5. The fourth-order valence-electron chi connectivity index (χ4n) is 2.84. The van der Waals surface area contributed by atoms with Gasteiger partial charge in [0.1, 0.15) is 18.4 Å². The lowest BCUT2D eigenvalue weighted by molar-refractivity contribution is -0.129. The zero-order valence-electron chi connectivity index (χ0n) is 14.4. The van der Waals surface area contributed by atoms with Crippen molar-refractivity contribution >= 4 is 5.91 Å². The first-order valence-electron chi connectivity index (χ1n) is 8.61. The predicted octanol–water partition coefficient (Wildman–Crippen LogP) is 2.26. The molecule has 1 aliphatic heterocycles. The first-order chi connectivity index (χ1) is 12.2. The van der Waals surface area contributed by atoms with Crippen LogP contribution in [0, 0.1) is 0 Å². The highest BCUT2D eigenvalue weighted by atomic mass is 16.5. The standard InChI is InChI=1S/C20H24N2O3/c1-15-19(21-10-11-24-15)20(23)22-13-16-6-5-7-17(12-16)14-25-18-8-3-2-4-9-18/h2-9,12,15,19,21H,10-11,13-14H2,1H3,(H,22,23)/t15-,19+/m1/s1. The van der Waals surface area contributed by atoms with Crippen molar-refractivity contribution in [1.29, 1.82) is 0 Å². The third kappa shape index (κ3) is 5.05. The molecule has 0 spiro atoms. The molecule has 0 aromatic heterocycles. The highest BCUT2D eigenvalue weighted by Gasteiger charge is 2.27. The van der Waals surface area contributed by atoms with Gasteiger partial charge in [0.2, 0.25) is 5.91 Å². The average molecular weight is 340 g/mol. The van der Waals surface area contributed by atoms with Gasteiger partial charge in [-0.2, -0.15) is 0 Å². The lowest BCUT2D eigenvalue weighted by atomic mass is 10.1. The third-order valence-corrected chi connectivity index (χ3v) is 4.21. The van der Waals surface area contributed by atoms with Crippen molar-refractivity contribution in [2.75, 3.05) is 13.2 Å². The number of nitrogens with one attached hydrogen (secondary N) is 2. The Hall–Kier alpha value is -2.37. The van der Waals surface area contributed by atoms with E-state index in [-0.39, 0.29) is 18.1 Å². The minimum absolute atomic E-state index is 0.0295. The molecular weight excluding hydrogens is 316 g/mol. The second-order valence-electron chi connectivity index (χ2n) is 6.15. The maximum atomic E-state index is 12.3. The Morgan fingerprint density at radius 1 is 1.20 bits per heavy atom. The van der Waals surface area contributed by atoms with Crippen molar-refractivity contribution < 1.29 is 14.3 Å². The molecule has 2 N–H and O–H groups in total. The van der Waals surface area contributed by atoms with Crippen molar-refractivity contribution in [2.45, 2.75) is 32.2 Å². The predicted molar refractivity (Wildman–Crippen MR) is 96.3 cm³/mol. The summed E-state index contributed by atoms with van der Waals surface area (Å²) in [6.07, 6.45) is -0.112. The summed E-state index contributed by atoms with van der Waals surface area (Å²) in [6, 6.07) is 17.5. The number of hydrogen-bond donors (Lipinski definition) is 2. The molecule has 3 rings (SSSR count). The van der Waals surface area contributed by atoms with Gasteiger partial charge in [0.15, 0.2) is 0 Å². The number of amides is 1. The highest BCUT2D eigenvalue weighted by Crippen LogP contribution is 2.13. The van der Waals surface area contributed by atoms with Crippen LogP contribution in [0.4, 0.5) is 0 Å². The molecule has 1 heterocycles. The van der Waals surface area contributed by atoms with E-state index in [1.54, 1.807) is 0 Å². The maximum absolute atomic E-state index is 12.3. The summed E-state index contributed by atoms with van der Waals surface area (Å²) in [4.78, 5) is 12.3. The Labute approximate surface area is 148 Å². The Bertz CT molecular complexity index is 690. The summed E-state index contributed by atoms with van der Waals surface area (Å²) < 4.78 is 11.3. The number of para-hydroxylation sites is 1. The Morgan fingerprint density at radius 2 is 2.00 bits per heavy atom. The molecule has 1 fully saturated rings. The van der Waals surface area contributed by atoms with Gasteiger partial charge in [0.25, 0.3) is 0 Å². The molecule has 5 heteroatoms. The molecular formula is C20H24N2O3. The number of benzene rings is 2. The van der Waals surface area contributed by atoms with Crippen molar-refractivity contribution in [3.63, 3.8) is 0 Å². The van der Waals surface area contributed by atoms with Crippen molar-refractivity contribution in [3.8, 4) is 5.75 Å². The molecule has 132 valence electrons. The van der Waals surface area contributed by atoms with E-state index in [1.807, 2.05) is 55.5 Å². The SMILES string of the molecule is C[C@H]1OCCN[C@@H]1C(=O)NCc1cccc(COc2ccccc2)c1. The lowest BCUT2D eigenvalue weighted by Crippen LogP contribution is -2.55. The van der Waals surface area contributed by atoms with E-state index < -0.39 is 0 Å². The number of hydrogen-bond acceptors (Lipinski definition) is 4. The van der Waals surface area contributed by atoms with Gasteiger partial charge in [-0.1, -0.05) is 42.5 Å². The molecule has 5 nitrogen and oxygen atoms in total. The monoisotopic (exact) mass is 340 g/mol. The van der Waals surface area contributed by atoms with Crippen molar-refractivity contribution in [3.05, 3.63) is 65.7 Å². The molecule has 25 heavy (non-hydrogen) atoms. The second kappa shape index (κ2) is 8.65. The Balaban J connectivity index is 1.52. The number of carbonyl (C=O) groups excluding carboxylic acids is 1. The summed E-state index contributed by atoms with van der Waals surface area (Å²) in [5.41, 5.74) is 2.12. The second-order valence-corrected chi connectivity index (χ2v) is 6.15. The van der Waals surface area contributed by atoms with Crippen LogP contribution in [0.25, 0.3) is 0 Å². The van der Waals surface area contributed by atoms with Gasteiger partial charge >= 0.3 is 0 Å². The van der Waals surface area contributed by atoms with Crippen molar-refractivity contribution in [2.24, 2.45) is 0 Å². The molecule has 1 amide bonds. The molecule has 0 bridgehead atoms. The highest BCUT2D eigenvalue weighted by molar-refractivity contribution is 5.82. The Kier molecular flexibility index (Phi) is 6.04. The molecule has 0 unspecified atom stereocenters. The molecule has 2 atom stereocenters. The first-order valence-corrected chi connectivity index (χ1v) is 8.61. The fraction of sp³-hybridized carbons (Fsp3) is 0.350.